The van der Waals surface area contributed by atoms with Crippen LogP contribution in [0.5, 0.6) is 0 Å². The van der Waals surface area contributed by atoms with Crippen molar-refractivity contribution in [2.75, 3.05) is 13.1 Å². The second kappa shape index (κ2) is 10.2. The highest BCUT2D eigenvalue weighted by atomic mass is 35.5. The van der Waals surface area contributed by atoms with E-state index in [-0.39, 0.29) is 11.5 Å². The van der Waals surface area contributed by atoms with E-state index in [1.54, 1.807) is 30.7 Å². The van der Waals surface area contributed by atoms with Crippen LogP contribution in [0.2, 0.25) is 5.02 Å². The Morgan fingerprint density at radius 1 is 1.23 bits per heavy atom. The molecule has 1 heterocycles. The van der Waals surface area contributed by atoms with Crippen molar-refractivity contribution in [3.05, 3.63) is 76.7 Å². The predicted octanol–water partition coefficient (Wildman–Crippen LogP) is 3.32. The minimum atomic E-state index is -0.384. The van der Waals surface area contributed by atoms with E-state index in [4.69, 9.17) is 11.6 Å². The minimum Gasteiger partial charge on any atom is -0.376 e. The summed E-state index contributed by atoms with van der Waals surface area (Å²) in [6.07, 6.45) is 5.95. The SMILES string of the molecule is CCN(/C=C(/C#N)C(=O)NCc1ccc(Cl)cc1)CCc1ccncc1. The van der Waals surface area contributed by atoms with Crippen molar-refractivity contribution in [1.82, 2.24) is 15.2 Å². The summed E-state index contributed by atoms with van der Waals surface area (Å²) in [6.45, 7) is 3.76. The quantitative estimate of drug-likeness (QED) is 0.573. The van der Waals surface area contributed by atoms with Gasteiger partial charge in [0.15, 0.2) is 0 Å². The first-order valence-corrected chi connectivity index (χ1v) is 8.77. The van der Waals surface area contributed by atoms with E-state index < -0.39 is 0 Å². The lowest BCUT2D eigenvalue weighted by atomic mass is 10.2. The van der Waals surface area contributed by atoms with Crippen molar-refractivity contribution < 1.29 is 4.79 Å². The topological polar surface area (TPSA) is 69.0 Å². The van der Waals surface area contributed by atoms with Crippen LogP contribution in [0, 0.1) is 11.3 Å². The van der Waals surface area contributed by atoms with E-state index in [1.165, 1.54) is 0 Å². The normalized spacial score (nSPS) is 10.9. The number of likely N-dealkylation sites (N-methyl/N-ethyl adjacent to an activating group) is 1. The zero-order chi connectivity index (χ0) is 18.8. The van der Waals surface area contributed by atoms with Gasteiger partial charge in [0.2, 0.25) is 0 Å². The number of nitrogens with one attached hydrogen (secondary N) is 1. The van der Waals surface area contributed by atoms with Crippen LogP contribution in [-0.4, -0.2) is 28.9 Å². The summed E-state index contributed by atoms with van der Waals surface area (Å²) in [7, 11) is 0. The molecule has 0 aliphatic heterocycles. The average molecular weight is 369 g/mol. The minimum absolute atomic E-state index is 0.0931. The van der Waals surface area contributed by atoms with Crippen LogP contribution in [0.25, 0.3) is 0 Å². The number of carbonyl (C=O) groups excluding carboxylic acids is 1. The highest BCUT2D eigenvalue weighted by Gasteiger charge is 2.10. The molecule has 1 amide bonds. The lowest BCUT2D eigenvalue weighted by molar-refractivity contribution is -0.117. The Kier molecular flexibility index (Phi) is 7.66. The number of aromatic nitrogens is 1. The van der Waals surface area contributed by atoms with Crippen LogP contribution in [0.3, 0.4) is 0 Å². The summed E-state index contributed by atoms with van der Waals surface area (Å²) in [6, 6.07) is 13.1. The lowest BCUT2D eigenvalue weighted by Crippen LogP contribution is -2.27. The van der Waals surface area contributed by atoms with Crippen molar-refractivity contribution in [2.24, 2.45) is 0 Å². The molecule has 1 aromatic carbocycles. The Morgan fingerprint density at radius 3 is 2.54 bits per heavy atom. The molecule has 2 aromatic rings. The Morgan fingerprint density at radius 2 is 1.92 bits per heavy atom. The van der Waals surface area contributed by atoms with Gasteiger partial charge in [-0.25, -0.2) is 0 Å². The summed E-state index contributed by atoms with van der Waals surface area (Å²) in [5, 5.41) is 12.7. The number of benzene rings is 1. The van der Waals surface area contributed by atoms with E-state index in [2.05, 4.69) is 10.3 Å². The van der Waals surface area contributed by atoms with Gasteiger partial charge in [0.25, 0.3) is 5.91 Å². The number of rotatable bonds is 8. The number of hydrogen-bond donors (Lipinski definition) is 1. The molecule has 1 N–H and O–H groups in total. The molecule has 0 bridgehead atoms. The molecular weight excluding hydrogens is 348 g/mol. The molecule has 0 unspecified atom stereocenters. The molecule has 6 heteroatoms. The van der Waals surface area contributed by atoms with Crippen LogP contribution >= 0.6 is 11.6 Å². The summed E-state index contributed by atoms with van der Waals surface area (Å²) >= 11 is 5.85. The Hall–Kier alpha value is -2.84. The second-order valence-corrected chi connectivity index (χ2v) is 6.13. The Labute approximate surface area is 158 Å². The molecule has 0 fully saturated rings. The molecule has 0 saturated carbocycles. The molecule has 2 rings (SSSR count). The molecular formula is C20H21ClN4O. The van der Waals surface area contributed by atoms with E-state index in [9.17, 15) is 10.1 Å². The van der Waals surface area contributed by atoms with Gasteiger partial charge < -0.3 is 10.2 Å². The van der Waals surface area contributed by atoms with Crippen molar-refractivity contribution in [3.8, 4) is 6.07 Å². The van der Waals surface area contributed by atoms with Crippen LogP contribution in [0.15, 0.2) is 60.6 Å². The van der Waals surface area contributed by atoms with Gasteiger partial charge >= 0.3 is 0 Å². The summed E-state index contributed by atoms with van der Waals surface area (Å²) in [4.78, 5) is 18.2. The van der Waals surface area contributed by atoms with Crippen LogP contribution < -0.4 is 5.32 Å². The van der Waals surface area contributed by atoms with Gasteiger partial charge in [0.1, 0.15) is 11.6 Å². The summed E-state index contributed by atoms with van der Waals surface area (Å²) < 4.78 is 0. The number of nitrogens with zero attached hydrogens (tertiary/aromatic N) is 3. The molecule has 0 spiro atoms. The Balaban J connectivity index is 1.93. The number of halogens is 1. The molecule has 0 aliphatic carbocycles. The third-order valence-corrected chi connectivity index (χ3v) is 4.14. The van der Waals surface area contributed by atoms with Gasteiger partial charge in [-0.3, -0.25) is 9.78 Å². The molecule has 134 valence electrons. The van der Waals surface area contributed by atoms with E-state index >= 15 is 0 Å². The maximum absolute atomic E-state index is 12.3. The van der Waals surface area contributed by atoms with Gasteiger partial charge in [-0.2, -0.15) is 5.26 Å². The van der Waals surface area contributed by atoms with E-state index in [0.29, 0.717) is 18.1 Å². The largest absolute Gasteiger partial charge is 0.376 e. The number of nitriles is 1. The molecule has 1 aromatic heterocycles. The molecule has 0 atom stereocenters. The fourth-order valence-corrected chi connectivity index (χ4v) is 2.46. The highest BCUT2D eigenvalue weighted by molar-refractivity contribution is 6.30. The molecule has 0 aliphatic rings. The zero-order valence-electron chi connectivity index (χ0n) is 14.7. The first-order chi connectivity index (χ1) is 12.6. The monoisotopic (exact) mass is 368 g/mol. The first kappa shape index (κ1) is 19.5. The number of hydrogen-bond acceptors (Lipinski definition) is 4. The van der Waals surface area contributed by atoms with Crippen molar-refractivity contribution in [2.45, 2.75) is 19.9 Å². The first-order valence-electron chi connectivity index (χ1n) is 8.40. The maximum atomic E-state index is 12.3. The zero-order valence-corrected chi connectivity index (χ0v) is 15.4. The third kappa shape index (κ3) is 6.23. The second-order valence-electron chi connectivity index (χ2n) is 5.70. The van der Waals surface area contributed by atoms with Gasteiger partial charge in [-0.15, -0.1) is 0 Å². The number of amides is 1. The molecule has 5 nitrogen and oxygen atoms in total. The van der Waals surface area contributed by atoms with Crippen LogP contribution in [0.4, 0.5) is 0 Å². The molecule has 26 heavy (non-hydrogen) atoms. The van der Waals surface area contributed by atoms with Gasteiger partial charge in [0.05, 0.1) is 0 Å². The lowest BCUT2D eigenvalue weighted by Gasteiger charge is -2.18. The molecule has 0 radical (unpaired) electrons. The smallest absolute Gasteiger partial charge is 0.263 e. The summed E-state index contributed by atoms with van der Waals surface area (Å²) in [5.74, 6) is -0.384. The maximum Gasteiger partial charge on any atom is 0.263 e. The highest BCUT2D eigenvalue weighted by Crippen LogP contribution is 2.09. The fraction of sp³-hybridized carbons (Fsp3) is 0.250. The van der Waals surface area contributed by atoms with Gasteiger partial charge in [0, 0.05) is 43.3 Å². The molecule has 0 saturated heterocycles. The van der Waals surface area contributed by atoms with E-state index in [0.717, 1.165) is 24.1 Å². The number of pyridine rings is 1. The fourth-order valence-electron chi connectivity index (χ4n) is 2.34. The summed E-state index contributed by atoms with van der Waals surface area (Å²) in [5.41, 5.74) is 2.18. The van der Waals surface area contributed by atoms with Crippen LogP contribution in [0.1, 0.15) is 18.1 Å². The van der Waals surface area contributed by atoms with E-state index in [1.807, 2.05) is 42.2 Å². The van der Waals surface area contributed by atoms with Gasteiger partial charge in [-0.05, 0) is 48.7 Å². The average Bonchev–Trinajstić information content (AvgIpc) is 2.68. The number of carbonyl (C=O) groups is 1. The predicted molar refractivity (Wildman–Crippen MR) is 102 cm³/mol. The Bertz CT molecular complexity index is 782. The van der Waals surface area contributed by atoms with Crippen molar-refractivity contribution in [3.63, 3.8) is 0 Å². The van der Waals surface area contributed by atoms with Gasteiger partial charge in [-0.1, -0.05) is 23.7 Å². The third-order valence-electron chi connectivity index (χ3n) is 3.89. The van der Waals surface area contributed by atoms with Crippen molar-refractivity contribution >= 4 is 17.5 Å². The standard InChI is InChI=1S/C20H21ClN4O/c1-2-25(12-9-16-7-10-23-11-8-16)15-18(13-22)20(26)24-14-17-3-5-19(21)6-4-17/h3-8,10-11,15H,2,9,12,14H2,1H3,(H,24,26)/b18-15-. The van der Waals surface area contributed by atoms with Crippen LogP contribution in [-0.2, 0) is 17.8 Å². The van der Waals surface area contributed by atoms with Crippen molar-refractivity contribution in [1.29, 1.82) is 5.26 Å².